The van der Waals surface area contributed by atoms with Crippen LogP contribution < -0.4 is 0 Å². The second kappa shape index (κ2) is 7.87. The van der Waals surface area contributed by atoms with E-state index in [2.05, 4.69) is 4.98 Å². The summed E-state index contributed by atoms with van der Waals surface area (Å²) in [6, 6.07) is 12.8. The Kier molecular flexibility index (Phi) is 5.10. The molecule has 1 atom stereocenters. The van der Waals surface area contributed by atoms with Gasteiger partial charge in [0.25, 0.3) is 11.7 Å². The van der Waals surface area contributed by atoms with Crippen molar-refractivity contribution in [2.45, 2.75) is 12.6 Å². The second-order valence-corrected chi connectivity index (χ2v) is 6.85. The minimum Gasteiger partial charge on any atom is -0.507 e. The van der Waals surface area contributed by atoms with Crippen molar-refractivity contribution in [3.05, 3.63) is 107 Å². The van der Waals surface area contributed by atoms with Crippen molar-refractivity contribution >= 4 is 17.4 Å². The first kappa shape index (κ1) is 19.4. The predicted octanol–water partition coefficient (Wildman–Crippen LogP) is 3.98. The average molecular weight is 406 g/mol. The third-order valence-corrected chi connectivity index (χ3v) is 4.92. The number of aliphatic hydroxyl groups is 1. The molecule has 3 aromatic rings. The molecule has 0 spiro atoms. The van der Waals surface area contributed by atoms with E-state index in [9.17, 15) is 23.5 Å². The number of ketones is 1. The molecular weight excluding hydrogens is 390 g/mol. The molecule has 150 valence electrons. The van der Waals surface area contributed by atoms with Crippen molar-refractivity contribution in [2.24, 2.45) is 0 Å². The van der Waals surface area contributed by atoms with Gasteiger partial charge in [0.1, 0.15) is 17.4 Å². The summed E-state index contributed by atoms with van der Waals surface area (Å²) >= 11 is 0. The average Bonchev–Trinajstić information content (AvgIpc) is 3.00. The van der Waals surface area contributed by atoms with Gasteiger partial charge in [-0.1, -0.05) is 18.2 Å². The fourth-order valence-electron chi connectivity index (χ4n) is 3.49. The van der Waals surface area contributed by atoms with Crippen LogP contribution in [0.15, 0.2) is 78.6 Å². The van der Waals surface area contributed by atoms with E-state index < -0.39 is 35.1 Å². The van der Waals surface area contributed by atoms with Crippen LogP contribution in [-0.2, 0) is 16.1 Å². The maximum atomic E-state index is 13.5. The van der Waals surface area contributed by atoms with Crippen LogP contribution in [0.3, 0.4) is 0 Å². The molecule has 1 amide bonds. The minimum atomic E-state index is -0.934. The molecule has 30 heavy (non-hydrogen) atoms. The summed E-state index contributed by atoms with van der Waals surface area (Å²) in [5.74, 6) is -3.05. The Morgan fingerprint density at radius 3 is 2.20 bits per heavy atom. The third-order valence-electron chi connectivity index (χ3n) is 4.92. The zero-order valence-corrected chi connectivity index (χ0v) is 15.6. The first-order valence-electron chi connectivity index (χ1n) is 9.14. The van der Waals surface area contributed by atoms with Crippen LogP contribution in [0.1, 0.15) is 22.7 Å². The van der Waals surface area contributed by atoms with Crippen LogP contribution in [0.25, 0.3) is 5.76 Å². The van der Waals surface area contributed by atoms with Gasteiger partial charge in [-0.15, -0.1) is 0 Å². The summed E-state index contributed by atoms with van der Waals surface area (Å²) in [5, 5.41) is 10.8. The topological polar surface area (TPSA) is 70.5 Å². The SMILES string of the molecule is O=C1C(=O)N(Cc2cccnc2)[C@H](c2ccc(F)cc2)C1=C(O)c1ccc(F)cc1. The van der Waals surface area contributed by atoms with E-state index in [1.54, 1.807) is 24.5 Å². The van der Waals surface area contributed by atoms with Crippen LogP contribution >= 0.6 is 0 Å². The van der Waals surface area contributed by atoms with Crippen molar-refractivity contribution < 1.29 is 23.5 Å². The van der Waals surface area contributed by atoms with Crippen molar-refractivity contribution in [1.82, 2.24) is 9.88 Å². The molecule has 1 aliphatic heterocycles. The third kappa shape index (κ3) is 3.57. The van der Waals surface area contributed by atoms with E-state index >= 15 is 0 Å². The van der Waals surface area contributed by atoms with Gasteiger partial charge in [-0.05, 0) is 53.6 Å². The van der Waals surface area contributed by atoms with Crippen molar-refractivity contribution in [3.63, 3.8) is 0 Å². The fourth-order valence-corrected chi connectivity index (χ4v) is 3.49. The molecule has 1 N–H and O–H groups in total. The largest absolute Gasteiger partial charge is 0.507 e. The van der Waals surface area contributed by atoms with Crippen LogP contribution in [-0.4, -0.2) is 26.7 Å². The smallest absolute Gasteiger partial charge is 0.295 e. The van der Waals surface area contributed by atoms with Crippen LogP contribution in [0.4, 0.5) is 8.78 Å². The number of Topliss-reactive ketones (excluding diaryl/α,β-unsaturated/α-hetero) is 1. The number of carbonyl (C=O) groups is 2. The van der Waals surface area contributed by atoms with E-state index in [4.69, 9.17) is 0 Å². The predicted molar refractivity (Wildman–Crippen MR) is 105 cm³/mol. The Hall–Kier alpha value is -3.87. The molecule has 7 heteroatoms. The molecule has 0 unspecified atom stereocenters. The zero-order valence-electron chi connectivity index (χ0n) is 15.6. The van der Waals surface area contributed by atoms with Crippen LogP contribution in [0.5, 0.6) is 0 Å². The molecule has 0 bridgehead atoms. The highest BCUT2D eigenvalue weighted by molar-refractivity contribution is 6.46. The van der Waals surface area contributed by atoms with Gasteiger partial charge in [0.15, 0.2) is 0 Å². The van der Waals surface area contributed by atoms with Gasteiger partial charge in [0.2, 0.25) is 0 Å². The van der Waals surface area contributed by atoms with E-state index in [1.807, 2.05) is 0 Å². The Morgan fingerprint density at radius 2 is 1.60 bits per heavy atom. The first-order chi connectivity index (χ1) is 14.5. The summed E-state index contributed by atoms with van der Waals surface area (Å²) in [4.78, 5) is 31.0. The Labute approximate surface area is 170 Å². The molecule has 0 radical (unpaired) electrons. The lowest BCUT2D eigenvalue weighted by molar-refractivity contribution is -0.140. The van der Waals surface area contributed by atoms with Gasteiger partial charge >= 0.3 is 0 Å². The van der Waals surface area contributed by atoms with Crippen molar-refractivity contribution in [3.8, 4) is 0 Å². The molecule has 0 aliphatic carbocycles. The summed E-state index contributed by atoms with van der Waals surface area (Å²) in [5.41, 5.74) is 1.21. The zero-order chi connectivity index (χ0) is 21.3. The van der Waals surface area contributed by atoms with Crippen molar-refractivity contribution in [1.29, 1.82) is 0 Å². The van der Waals surface area contributed by atoms with Crippen LogP contribution in [0.2, 0.25) is 0 Å². The minimum absolute atomic E-state index is 0.0701. The lowest BCUT2D eigenvalue weighted by atomic mass is 9.95. The Balaban J connectivity index is 1.85. The molecule has 2 heterocycles. The standard InChI is InChI=1S/C23H16F2N2O3/c24-17-7-3-15(4-8-17)20-19(21(28)16-5-9-18(25)10-6-16)22(29)23(30)27(20)13-14-2-1-11-26-12-14/h1-12,20,28H,13H2/t20-/m1/s1. The van der Waals surface area contributed by atoms with Gasteiger partial charge in [-0.2, -0.15) is 0 Å². The molecule has 5 nitrogen and oxygen atoms in total. The monoisotopic (exact) mass is 406 g/mol. The molecule has 2 aromatic carbocycles. The number of amides is 1. The summed E-state index contributed by atoms with van der Waals surface area (Å²) in [6.07, 6.45) is 3.16. The number of carbonyl (C=O) groups excluding carboxylic acids is 2. The van der Waals surface area contributed by atoms with Crippen molar-refractivity contribution in [2.75, 3.05) is 0 Å². The van der Waals surface area contributed by atoms with Gasteiger partial charge in [-0.25, -0.2) is 8.78 Å². The molecule has 0 saturated carbocycles. The van der Waals surface area contributed by atoms with Gasteiger partial charge < -0.3 is 10.0 Å². The molecule has 1 saturated heterocycles. The number of nitrogens with zero attached hydrogens (tertiary/aromatic N) is 2. The maximum Gasteiger partial charge on any atom is 0.295 e. The second-order valence-electron chi connectivity index (χ2n) is 6.85. The number of aliphatic hydroxyl groups excluding tert-OH is 1. The highest BCUT2D eigenvalue weighted by Gasteiger charge is 2.46. The van der Waals surface area contributed by atoms with Gasteiger partial charge in [-0.3, -0.25) is 14.6 Å². The highest BCUT2D eigenvalue weighted by atomic mass is 19.1. The van der Waals surface area contributed by atoms with E-state index in [-0.39, 0.29) is 17.7 Å². The highest BCUT2D eigenvalue weighted by Crippen LogP contribution is 2.40. The number of aromatic nitrogens is 1. The lowest BCUT2D eigenvalue weighted by Crippen LogP contribution is -2.29. The quantitative estimate of drug-likeness (QED) is 0.404. The van der Waals surface area contributed by atoms with Crippen LogP contribution in [0, 0.1) is 11.6 Å². The number of halogens is 2. The molecular formula is C23H16F2N2O3. The lowest BCUT2D eigenvalue weighted by Gasteiger charge is -2.25. The van der Waals surface area contributed by atoms with E-state index in [0.717, 1.165) is 12.1 Å². The Bertz CT molecular complexity index is 1130. The fraction of sp³-hybridized carbons (Fsp3) is 0.0870. The number of rotatable bonds is 4. The number of hydrogen-bond donors (Lipinski definition) is 1. The maximum absolute atomic E-state index is 13.5. The summed E-state index contributed by atoms with van der Waals surface area (Å²) in [6.45, 7) is 0.0701. The number of hydrogen-bond acceptors (Lipinski definition) is 4. The van der Waals surface area contributed by atoms with Gasteiger partial charge in [0, 0.05) is 24.5 Å². The number of benzene rings is 2. The summed E-state index contributed by atoms with van der Waals surface area (Å²) < 4.78 is 26.8. The van der Waals surface area contributed by atoms with Gasteiger partial charge in [0.05, 0.1) is 11.6 Å². The molecule has 1 aromatic heterocycles. The molecule has 1 aliphatic rings. The normalized spacial score (nSPS) is 18.1. The Morgan fingerprint density at radius 1 is 0.967 bits per heavy atom. The van der Waals surface area contributed by atoms with E-state index in [1.165, 1.54) is 41.3 Å². The first-order valence-corrected chi connectivity index (χ1v) is 9.14. The number of likely N-dealkylation sites (tertiary alicyclic amines) is 1. The summed E-state index contributed by atoms with van der Waals surface area (Å²) in [7, 11) is 0. The molecule has 1 fully saturated rings. The van der Waals surface area contributed by atoms with E-state index in [0.29, 0.717) is 11.1 Å². The molecule has 4 rings (SSSR count). The number of pyridine rings is 1.